The fourth-order valence-electron chi connectivity index (χ4n) is 2.31. The molecule has 0 spiro atoms. The first-order valence-corrected chi connectivity index (χ1v) is 8.38. The lowest BCUT2D eigenvalue weighted by Gasteiger charge is -2.17. The van der Waals surface area contributed by atoms with Crippen LogP contribution in [-0.2, 0) is 6.54 Å². The predicted molar refractivity (Wildman–Crippen MR) is 93.7 cm³/mol. The molecule has 3 rings (SSSR count). The second-order valence-corrected chi connectivity index (χ2v) is 6.28. The third-order valence-electron chi connectivity index (χ3n) is 3.44. The summed E-state index contributed by atoms with van der Waals surface area (Å²) in [5.74, 6) is 0.856. The minimum atomic E-state index is -0.0693. The van der Waals surface area contributed by atoms with Crippen molar-refractivity contribution in [2.75, 3.05) is 6.54 Å². The van der Waals surface area contributed by atoms with E-state index in [-0.39, 0.29) is 12.5 Å². The predicted octanol–water partition coefficient (Wildman–Crippen LogP) is 3.93. The summed E-state index contributed by atoms with van der Waals surface area (Å²) < 4.78 is 5.32. The Morgan fingerprint density at radius 2 is 2.25 bits per heavy atom. The van der Waals surface area contributed by atoms with E-state index in [1.54, 1.807) is 17.0 Å². The standard InChI is InChI=1S/C18H17N3O2S/c1-3-9-21(18(22)15-8-5-10-24-15)12-16-19-17(20-23-16)14-7-4-6-13(2)11-14/h3-8,10-11H,1,9,12H2,2H3. The van der Waals surface area contributed by atoms with Gasteiger partial charge in [0, 0.05) is 12.1 Å². The van der Waals surface area contributed by atoms with Crippen molar-refractivity contribution >= 4 is 17.2 Å². The molecule has 3 aromatic rings. The van der Waals surface area contributed by atoms with Crippen LogP contribution < -0.4 is 0 Å². The van der Waals surface area contributed by atoms with Crippen molar-refractivity contribution in [1.82, 2.24) is 15.0 Å². The lowest BCUT2D eigenvalue weighted by molar-refractivity contribution is 0.0750. The lowest BCUT2D eigenvalue weighted by atomic mass is 10.1. The topological polar surface area (TPSA) is 59.2 Å². The number of rotatable bonds is 6. The van der Waals surface area contributed by atoms with Crippen LogP contribution in [0.2, 0.25) is 0 Å². The van der Waals surface area contributed by atoms with E-state index in [1.165, 1.54) is 11.3 Å². The molecular weight excluding hydrogens is 322 g/mol. The normalized spacial score (nSPS) is 10.5. The number of carbonyl (C=O) groups excluding carboxylic acids is 1. The molecule has 5 nitrogen and oxygen atoms in total. The van der Waals surface area contributed by atoms with Gasteiger partial charge >= 0.3 is 0 Å². The van der Waals surface area contributed by atoms with Crippen LogP contribution in [0.3, 0.4) is 0 Å². The molecule has 0 aliphatic heterocycles. The van der Waals surface area contributed by atoms with Crippen LogP contribution in [0.15, 0.2) is 59.0 Å². The molecular formula is C18H17N3O2S. The Balaban J connectivity index is 1.78. The van der Waals surface area contributed by atoms with Crippen molar-refractivity contribution in [3.05, 3.63) is 70.8 Å². The van der Waals surface area contributed by atoms with E-state index in [4.69, 9.17) is 4.52 Å². The van der Waals surface area contributed by atoms with E-state index in [1.807, 2.05) is 42.6 Å². The maximum absolute atomic E-state index is 12.5. The van der Waals surface area contributed by atoms with E-state index in [2.05, 4.69) is 16.7 Å². The van der Waals surface area contributed by atoms with Crippen molar-refractivity contribution in [3.8, 4) is 11.4 Å². The van der Waals surface area contributed by atoms with Crippen molar-refractivity contribution < 1.29 is 9.32 Å². The molecule has 1 amide bonds. The number of thiophene rings is 1. The van der Waals surface area contributed by atoms with E-state index >= 15 is 0 Å². The summed E-state index contributed by atoms with van der Waals surface area (Å²) in [5.41, 5.74) is 2.02. The third kappa shape index (κ3) is 3.60. The molecule has 0 fully saturated rings. The number of amides is 1. The second-order valence-electron chi connectivity index (χ2n) is 5.33. The molecule has 0 unspecified atom stereocenters. The van der Waals surface area contributed by atoms with Crippen LogP contribution in [0.1, 0.15) is 21.1 Å². The average Bonchev–Trinajstić information content (AvgIpc) is 3.26. The van der Waals surface area contributed by atoms with Crippen LogP contribution >= 0.6 is 11.3 Å². The smallest absolute Gasteiger partial charge is 0.264 e. The molecule has 0 N–H and O–H groups in total. The molecule has 0 saturated carbocycles. The van der Waals surface area contributed by atoms with Crippen molar-refractivity contribution in [3.63, 3.8) is 0 Å². The SMILES string of the molecule is C=CCN(Cc1nc(-c2cccc(C)c2)no1)C(=O)c1cccs1. The largest absolute Gasteiger partial charge is 0.337 e. The highest BCUT2D eigenvalue weighted by Gasteiger charge is 2.19. The Hall–Kier alpha value is -2.73. The van der Waals surface area contributed by atoms with Gasteiger partial charge in [-0.1, -0.05) is 41.1 Å². The van der Waals surface area contributed by atoms with E-state index in [0.717, 1.165) is 11.1 Å². The molecule has 2 heterocycles. The maximum Gasteiger partial charge on any atom is 0.264 e. The lowest BCUT2D eigenvalue weighted by Crippen LogP contribution is -2.30. The molecule has 0 radical (unpaired) electrons. The minimum Gasteiger partial charge on any atom is -0.337 e. The minimum absolute atomic E-state index is 0.0693. The Morgan fingerprint density at radius 1 is 1.38 bits per heavy atom. The zero-order valence-electron chi connectivity index (χ0n) is 13.3. The van der Waals surface area contributed by atoms with Crippen molar-refractivity contribution in [1.29, 1.82) is 0 Å². The van der Waals surface area contributed by atoms with Gasteiger partial charge in [0.05, 0.1) is 4.88 Å². The molecule has 0 aliphatic carbocycles. The van der Waals surface area contributed by atoms with Crippen molar-refractivity contribution in [2.45, 2.75) is 13.5 Å². The van der Waals surface area contributed by atoms with Crippen LogP contribution in [-0.4, -0.2) is 27.5 Å². The van der Waals surface area contributed by atoms with Gasteiger partial charge in [-0.15, -0.1) is 17.9 Å². The highest BCUT2D eigenvalue weighted by molar-refractivity contribution is 7.12. The number of benzene rings is 1. The van der Waals surface area contributed by atoms with Gasteiger partial charge in [0.25, 0.3) is 5.91 Å². The Kier molecular flexibility index (Phi) is 4.86. The molecule has 2 aromatic heterocycles. The summed E-state index contributed by atoms with van der Waals surface area (Å²) in [6, 6.07) is 11.5. The van der Waals surface area contributed by atoms with Gasteiger partial charge in [-0.2, -0.15) is 4.98 Å². The molecule has 0 atom stereocenters. The van der Waals surface area contributed by atoms with E-state index in [9.17, 15) is 4.79 Å². The molecule has 24 heavy (non-hydrogen) atoms. The summed E-state index contributed by atoms with van der Waals surface area (Å²) >= 11 is 1.41. The Labute approximate surface area is 144 Å². The first kappa shape index (κ1) is 16.1. The van der Waals surface area contributed by atoms with Gasteiger partial charge in [-0.3, -0.25) is 4.79 Å². The molecule has 1 aromatic carbocycles. The summed E-state index contributed by atoms with van der Waals surface area (Å²) in [7, 11) is 0. The fraction of sp³-hybridized carbons (Fsp3) is 0.167. The number of aryl methyl sites for hydroxylation is 1. The first-order valence-electron chi connectivity index (χ1n) is 7.50. The van der Waals surface area contributed by atoms with Gasteiger partial charge in [0.2, 0.25) is 11.7 Å². The number of carbonyl (C=O) groups is 1. The summed E-state index contributed by atoms with van der Waals surface area (Å²) in [6.07, 6.45) is 1.68. The second kappa shape index (κ2) is 7.23. The highest BCUT2D eigenvalue weighted by atomic mass is 32.1. The summed E-state index contributed by atoms with van der Waals surface area (Å²) in [4.78, 5) is 19.2. The Morgan fingerprint density at radius 3 is 2.96 bits per heavy atom. The van der Waals surface area contributed by atoms with Crippen LogP contribution in [0.4, 0.5) is 0 Å². The molecule has 6 heteroatoms. The maximum atomic E-state index is 12.5. The number of hydrogen-bond acceptors (Lipinski definition) is 5. The quantitative estimate of drug-likeness (QED) is 0.638. The van der Waals surface area contributed by atoms with Gasteiger partial charge in [-0.25, -0.2) is 0 Å². The van der Waals surface area contributed by atoms with Crippen LogP contribution in [0.5, 0.6) is 0 Å². The van der Waals surface area contributed by atoms with Crippen LogP contribution in [0, 0.1) is 6.92 Å². The Bertz CT molecular complexity index is 840. The van der Waals surface area contributed by atoms with Gasteiger partial charge in [0.1, 0.15) is 6.54 Å². The summed E-state index contributed by atoms with van der Waals surface area (Å²) in [5, 5.41) is 5.89. The molecule has 0 aliphatic rings. The highest BCUT2D eigenvalue weighted by Crippen LogP contribution is 2.19. The molecule has 0 bridgehead atoms. The van der Waals surface area contributed by atoms with E-state index < -0.39 is 0 Å². The monoisotopic (exact) mass is 339 g/mol. The van der Waals surface area contributed by atoms with Gasteiger partial charge in [-0.05, 0) is 24.4 Å². The number of aromatic nitrogens is 2. The average molecular weight is 339 g/mol. The first-order chi connectivity index (χ1) is 11.7. The number of hydrogen-bond donors (Lipinski definition) is 0. The van der Waals surface area contributed by atoms with Gasteiger partial charge in [0.15, 0.2) is 0 Å². The van der Waals surface area contributed by atoms with Gasteiger partial charge < -0.3 is 9.42 Å². The number of nitrogens with zero attached hydrogens (tertiary/aromatic N) is 3. The molecule has 122 valence electrons. The zero-order valence-corrected chi connectivity index (χ0v) is 14.1. The summed E-state index contributed by atoms with van der Waals surface area (Å²) in [6.45, 7) is 6.39. The van der Waals surface area contributed by atoms with E-state index in [0.29, 0.717) is 23.1 Å². The van der Waals surface area contributed by atoms with Crippen molar-refractivity contribution in [2.24, 2.45) is 0 Å². The molecule has 0 saturated heterocycles. The zero-order chi connectivity index (χ0) is 16.9. The third-order valence-corrected chi connectivity index (χ3v) is 4.30. The fourth-order valence-corrected chi connectivity index (χ4v) is 3.01. The van der Waals surface area contributed by atoms with Crippen LogP contribution in [0.25, 0.3) is 11.4 Å².